The van der Waals surface area contributed by atoms with Crippen LogP contribution >= 0.6 is 0 Å². The number of aromatic nitrogens is 1. The largest absolute Gasteiger partial charge is 0.326 e. The highest BCUT2D eigenvalue weighted by molar-refractivity contribution is 5.89. The maximum absolute atomic E-state index is 12.0. The number of urea groups is 1. The lowest BCUT2D eigenvalue weighted by molar-refractivity contribution is 0.220. The van der Waals surface area contributed by atoms with E-state index in [1.165, 1.54) is 0 Å². The topological polar surface area (TPSA) is 71.2 Å². The van der Waals surface area contributed by atoms with Gasteiger partial charge in [0.1, 0.15) is 0 Å². The molecule has 1 heterocycles. The van der Waals surface area contributed by atoms with Gasteiger partial charge in [0.2, 0.25) is 0 Å². The van der Waals surface area contributed by atoms with Crippen LogP contribution in [0.4, 0.5) is 10.5 Å². The van der Waals surface area contributed by atoms with Crippen LogP contribution in [0.1, 0.15) is 11.3 Å². The molecule has 2 amide bonds. The number of hydrogen-bond donors (Lipinski definition) is 2. The average Bonchev–Trinajstić information content (AvgIpc) is 2.49. The highest BCUT2D eigenvalue weighted by atomic mass is 16.2. The van der Waals surface area contributed by atoms with Crippen LogP contribution in [0.2, 0.25) is 0 Å². The van der Waals surface area contributed by atoms with Gasteiger partial charge in [-0.2, -0.15) is 0 Å². The molecular weight excluding hydrogens is 252 g/mol. The fourth-order valence-corrected chi connectivity index (χ4v) is 1.75. The Morgan fingerprint density at radius 2 is 2.00 bits per heavy atom. The Bertz CT molecular complexity index is 554. The van der Waals surface area contributed by atoms with Crippen molar-refractivity contribution in [2.45, 2.75) is 13.1 Å². The van der Waals surface area contributed by atoms with Crippen molar-refractivity contribution >= 4 is 11.7 Å². The predicted octanol–water partition coefficient (Wildman–Crippen LogP) is 2.20. The Morgan fingerprint density at radius 1 is 1.25 bits per heavy atom. The monoisotopic (exact) mass is 270 g/mol. The Labute approximate surface area is 118 Å². The molecule has 0 fully saturated rings. The molecule has 0 unspecified atom stereocenters. The molecule has 0 radical (unpaired) electrons. The lowest BCUT2D eigenvalue weighted by Crippen LogP contribution is -2.31. The minimum absolute atomic E-state index is 0.170. The number of rotatable bonds is 4. The molecule has 0 aliphatic heterocycles. The first-order valence-electron chi connectivity index (χ1n) is 6.40. The zero-order valence-electron chi connectivity index (χ0n) is 11.4. The molecule has 0 saturated heterocycles. The Hall–Kier alpha value is -2.40. The van der Waals surface area contributed by atoms with Crippen LogP contribution in [0.15, 0.2) is 48.7 Å². The zero-order chi connectivity index (χ0) is 14.4. The van der Waals surface area contributed by atoms with Gasteiger partial charge in [-0.3, -0.25) is 4.98 Å². The van der Waals surface area contributed by atoms with Crippen LogP contribution in [0, 0.1) is 0 Å². The van der Waals surface area contributed by atoms with Gasteiger partial charge in [-0.15, -0.1) is 0 Å². The van der Waals surface area contributed by atoms with Gasteiger partial charge in [0.25, 0.3) is 0 Å². The molecule has 1 aromatic carbocycles. The van der Waals surface area contributed by atoms with Crippen molar-refractivity contribution in [2.75, 3.05) is 12.4 Å². The van der Waals surface area contributed by atoms with Crippen molar-refractivity contribution < 1.29 is 4.79 Å². The van der Waals surface area contributed by atoms with E-state index in [-0.39, 0.29) is 6.03 Å². The number of benzene rings is 1. The van der Waals surface area contributed by atoms with E-state index in [1.807, 2.05) is 42.5 Å². The van der Waals surface area contributed by atoms with Crippen molar-refractivity contribution in [1.82, 2.24) is 9.88 Å². The summed E-state index contributed by atoms with van der Waals surface area (Å²) >= 11 is 0. The summed E-state index contributed by atoms with van der Waals surface area (Å²) in [5.74, 6) is 0. The maximum Gasteiger partial charge on any atom is 0.321 e. The van der Waals surface area contributed by atoms with Crippen LogP contribution in [0.25, 0.3) is 0 Å². The number of carbonyl (C=O) groups excluding carboxylic acids is 1. The Balaban J connectivity index is 1.93. The number of amides is 2. The molecule has 0 aliphatic carbocycles. The van der Waals surface area contributed by atoms with Gasteiger partial charge in [-0.1, -0.05) is 18.2 Å². The van der Waals surface area contributed by atoms with E-state index in [2.05, 4.69) is 10.3 Å². The Kier molecular flexibility index (Phi) is 4.68. The summed E-state index contributed by atoms with van der Waals surface area (Å²) in [6.07, 6.45) is 1.71. The molecule has 2 rings (SSSR count). The minimum atomic E-state index is -0.170. The SMILES string of the molecule is CN(Cc1ccccn1)C(=O)Nc1ccc(CN)cc1. The number of carbonyl (C=O) groups is 1. The summed E-state index contributed by atoms with van der Waals surface area (Å²) in [6, 6.07) is 12.9. The van der Waals surface area contributed by atoms with E-state index in [0.29, 0.717) is 13.1 Å². The van der Waals surface area contributed by atoms with Gasteiger partial charge in [0.05, 0.1) is 12.2 Å². The summed E-state index contributed by atoms with van der Waals surface area (Å²) in [5.41, 5.74) is 8.17. The lowest BCUT2D eigenvalue weighted by Gasteiger charge is -2.17. The molecule has 3 N–H and O–H groups in total. The smallest absolute Gasteiger partial charge is 0.321 e. The molecule has 0 atom stereocenters. The maximum atomic E-state index is 12.0. The number of nitrogens with zero attached hydrogens (tertiary/aromatic N) is 2. The third-order valence-electron chi connectivity index (χ3n) is 2.91. The number of nitrogens with two attached hydrogens (primary N) is 1. The molecule has 2 aromatic rings. The molecule has 5 heteroatoms. The number of hydrogen-bond acceptors (Lipinski definition) is 3. The molecule has 20 heavy (non-hydrogen) atoms. The van der Waals surface area contributed by atoms with Crippen LogP contribution in [0.5, 0.6) is 0 Å². The van der Waals surface area contributed by atoms with Crippen LogP contribution < -0.4 is 11.1 Å². The van der Waals surface area contributed by atoms with Crippen LogP contribution in [-0.2, 0) is 13.1 Å². The van der Waals surface area contributed by atoms with Crippen molar-refractivity contribution in [3.8, 4) is 0 Å². The third-order valence-corrected chi connectivity index (χ3v) is 2.91. The number of anilines is 1. The first-order chi connectivity index (χ1) is 9.69. The predicted molar refractivity (Wildman–Crippen MR) is 79.1 cm³/mol. The normalized spacial score (nSPS) is 10.1. The molecule has 0 bridgehead atoms. The van der Waals surface area contributed by atoms with E-state index in [1.54, 1.807) is 18.1 Å². The fourth-order valence-electron chi connectivity index (χ4n) is 1.75. The van der Waals surface area contributed by atoms with Gasteiger partial charge in [-0.25, -0.2) is 4.79 Å². The third kappa shape index (κ3) is 3.80. The lowest BCUT2D eigenvalue weighted by atomic mass is 10.2. The van der Waals surface area contributed by atoms with Crippen molar-refractivity contribution in [1.29, 1.82) is 0 Å². The fraction of sp³-hybridized carbons (Fsp3) is 0.200. The summed E-state index contributed by atoms with van der Waals surface area (Å²) < 4.78 is 0. The van der Waals surface area contributed by atoms with Crippen molar-refractivity contribution in [3.05, 3.63) is 59.9 Å². The summed E-state index contributed by atoms with van der Waals surface area (Å²) in [5, 5.41) is 2.83. The van der Waals surface area contributed by atoms with Gasteiger partial charge in [-0.05, 0) is 29.8 Å². The standard InChI is InChI=1S/C15H18N4O/c1-19(11-14-4-2-3-9-17-14)15(20)18-13-7-5-12(10-16)6-8-13/h2-9H,10-11,16H2,1H3,(H,18,20). The summed E-state index contributed by atoms with van der Waals surface area (Å²) in [7, 11) is 1.73. The number of nitrogens with one attached hydrogen (secondary N) is 1. The first kappa shape index (κ1) is 14.0. The van der Waals surface area contributed by atoms with Gasteiger partial charge < -0.3 is 16.0 Å². The van der Waals surface area contributed by atoms with Gasteiger partial charge >= 0.3 is 6.03 Å². The summed E-state index contributed by atoms with van der Waals surface area (Å²) in [4.78, 5) is 17.8. The zero-order valence-corrected chi connectivity index (χ0v) is 11.4. The van der Waals surface area contributed by atoms with E-state index in [9.17, 15) is 4.79 Å². The minimum Gasteiger partial charge on any atom is -0.326 e. The highest BCUT2D eigenvalue weighted by Crippen LogP contribution is 2.10. The molecule has 0 saturated carbocycles. The van der Waals surface area contributed by atoms with E-state index in [0.717, 1.165) is 16.9 Å². The van der Waals surface area contributed by atoms with Crippen molar-refractivity contribution in [3.63, 3.8) is 0 Å². The van der Waals surface area contributed by atoms with Gasteiger partial charge in [0.15, 0.2) is 0 Å². The van der Waals surface area contributed by atoms with Crippen LogP contribution in [-0.4, -0.2) is 23.0 Å². The summed E-state index contributed by atoms with van der Waals surface area (Å²) in [6.45, 7) is 0.960. The van der Waals surface area contributed by atoms with Gasteiger partial charge in [0, 0.05) is 25.5 Å². The van der Waals surface area contributed by atoms with E-state index >= 15 is 0 Å². The van der Waals surface area contributed by atoms with E-state index in [4.69, 9.17) is 5.73 Å². The molecule has 5 nitrogen and oxygen atoms in total. The first-order valence-corrected chi connectivity index (χ1v) is 6.40. The second-order valence-corrected chi connectivity index (χ2v) is 4.51. The molecule has 0 aliphatic rings. The van der Waals surface area contributed by atoms with Crippen molar-refractivity contribution in [2.24, 2.45) is 5.73 Å². The molecule has 0 spiro atoms. The highest BCUT2D eigenvalue weighted by Gasteiger charge is 2.09. The quantitative estimate of drug-likeness (QED) is 0.894. The van der Waals surface area contributed by atoms with E-state index < -0.39 is 0 Å². The second-order valence-electron chi connectivity index (χ2n) is 4.51. The second kappa shape index (κ2) is 6.68. The molecular formula is C15H18N4O. The molecule has 1 aromatic heterocycles. The number of pyridine rings is 1. The van der Waals surface area contributed by atoms with Crippen LogP contribution in [0.3, 0.4) is 0 Å². The Morgan fingerprint density at radius 3 is 2.60 bits per heavy atom. The average molecular weight is 270 g/mol. The molecule has 104 valence electrons.